The number of ether oxygens (including phenoxy) is 1. The van der Waals surface area contributed by atoms with Crippen LogP contribution >= 0.6 is 0 Å². The van der Waals surface area contributed by atoms with E-state index < -0.39 is 11.6 Å². The maximum absolute atomic E-state index is 13.5. The van der Waals surface area contributed by atoms with Gasteiger partial charge >= 0.3 is 0 Å². The maximum atomic E-state index is 13.5. The van der Waals surface area contributed by atoms with E-state index in [1.165, 1.54) is 18.3 Å². The highest BCUT2D eigenvalue weighted by molar-refractivity contribution is 5.92. The van der Waals surface area contributed by atoms with Crippen molar-refractivity contribution in [3.63, 3.8) is 0 Å². The molecule has 7 heteroatoms. The van der Waals surface area contributed by atoms with Gasteiger partial charge in [0.1, 0.15) is 17.3 Å². The Kier molecular flexibility index (Phi) is 5.99. The molecule has 0 radical (unpaired) electrons. The summed E-state index contributed by atoms with van der Waals surface area (Å²) in [5, 5.41) is 5.49. The van der Waals surface area contributed by atoms with E-state index >= 15 is 0 Å². The number of rotatable bonds is 7. The summed E-state index contributed by atoms with van der Waals surface area (Å²) < 4.78 is 31.3. The van der Waals surface area contributed by atoms with Crippen molar-refractivity contribution in [2.45, 2.75) is 6.42 Å². The SMILES string of the molecule is COCCCNC(=O)c1ccc(Nc2ccc(F)cc2F)cn1. The first-order valence-corrected chi connectivity index (χ1v) is 7.05. The van der Waals surface area contributed by atoms with Gasteiger partial charge in [-0.05, 0) is 30.7 Å². The van der Waals surface area contributed by atoms with Crippen molar-refractivity contribution in [3.05, 3.63) is 53.9 Å². The second-order valence-electron chi connectivity index (χ2n) is 4.78. The summed E-state index contributed by atoms with van der Waals surface area (Å²) >= 11 is 0. The lowest BCUT2D eigenvalue weighted by molar-refractivity contribution is 0.0943. The van der Waals surface area contributed by atoms with Crippen molar-refractivity contribution < 1.29 is 18.3 Å². The van der Waals surface area contributed by atoms with Crippen LogP contribution in [0.5, 0.6) is 0 Å². The Morgan fingerprint density at radius 1 is 1.26 bits per heavy atom. The zero-order valence-corrected chi connectivity index (χ0v) is 12.6. The average molecular weight is 321 g/mol. The van der Waals surface area contributed by atoms with Crippen molar-refractivity contribution >= 4 is 17.3 Å². The number of anilines is 2. The highest BCUT2D eigenvalue weighted by atomic mass is 19.1. The zero-order valence-electron chi connectivity index (χ0n) is 12.6. The smallest absolute Gasteiger partial charge is 0.269 e. The van der Waals surface area contributed by atoms with Crippen molar-refractivity contribution in [1.29, 1.82) is 0 Å². The van der Waals surface area contributed by atoms with Gasteiger partial charge in [-0.2, -0.15) is 0 Å². The molecular formula is C16H17F2N3O2. The topological polar surface area (TPSA) is 63.2 Å². The van der Waals surface area contributed by atoms with Gasteiger partial charge in [0.2, 0.25) is 0 Å². The molecule has 0 saturated carbocycles. The number of pyridine rings is 1. The highest BCUT2D eigenvalue weighted by Gasteiger charge is 2.08. The summed E-state index contributed by atoms with van der Waals surface area (Å²) in [7, 11) is 1.60. The first-order valence-electron chi connectivity index (χ1n) is 7.05. The Bertz CT molecular complexity index is 663. The molecule has 0 unspecified atom stereocenters. The molecule has 5 nitrogen and oxygen atoms in total. The third-order valence-electron chi connectivity index (χ3n) is 3.02. The van der Waals surface area contributed by atoms with Gasteiger partial charge in [0.05, 0.1) is 17.6 Å². The zero-order chi connectivity index (χ0) is 16.7. The number of hydrogen-bond donors (Lipinski definition) is 2. The van der Waals surface area contributed by atoms with Gasteiger partial charge in [-0.1, -0.05) is 0 Å². The third-order valence-corrected chi connectivity index (χ3v) is 3.02. The summed E-state index contributed by atoms with van der Waals surface area (Å²) in [6, 6.07) is 6.36. The molecule has 0 saturated heterocycles. The number of carbonyl (C=O) groups excluding carboxylic acids is 1. The fourth-order valence-corrected chi connectivity index (χ4v) is 1.86. The van der Waals surface area contributed by atoms with Crippen molar-refractivity contribution in [2.75, 3.05) is 25.6 Å². The molecule has 0 aliphatic rings. The Labute approximate surface area is 132 Å². The maximum Gasteiger partial charge on any atom is 0.269 e. The third kappa shape index (κ3) is 5.00. The number of nitrogens with zero attached hydrogens (tertiary/aromatic N) is 1. The molecule has 1 aromatic carbocycles. The predicted molar refractivity (Wildman–Crippen MR) is 82.7 cm³/mol. The van der Waals surface area contributed by atoms with Gasteiger partial charge in [0.15, 0.2) is 0 Å². The van der Waals surface area contributed by atoms with Crippen LogP contribution in [-0.2, 0) is 4.74 Å². The first-order chi connectivity index (χ1) is 11.1. The highest BCUT2D eigenvalue weighted by Crippen LogP contribution is 2.20. The molecule has 0 bridgehead atoms. The Balaban J connectivity index is 1.95. The van der Waals surface area contributed by atoms with Crippen molar-refractivity contribution in [2.24, 2.45) is 0 Å². The second-order valence-corrected chi connectivity index (χ2v) is 4.78. The van der Waals surface area contributed by atoms with Gasteiger partial charge in [0, 0.05) is 26.3 Å². The summed E-state index contributed by atoms with van der Waals surface area (Å²) in [5.74, 6) is -1.64. The van der Waals surface area contributed by atoms with Crippen LogP contribution in [0.4, 0.5) is 20.2 Å². The Morgan fingerprint density at radius 3 is 2.74 bits per heavy atom. The molecule has 0 aliphatic heterocycles. The first kappa shape index (κ1) is 16.8. The van der Waals surface area contributed by atoms with E-state index in [0.29, 0.717) is 25.3 Å². The largest absolute Gasteiger partial charge is 0.385 e. The van der Waals surface area contributed by atoms with E-state index in [-0.39, 0.29) is 17.3 Å². The molecule has 0 atom stereocenters. The number of halogens is 2. The van der Waals surface area contributed by atoms with Crippen LogP contribution in [0.15, 0.2) is 36.5 Å². The van der Waals surface area contributed by atoms with E-state index in [0.717, 1.165) is 12.1 Å². The number of amides is 1. The van der Waals surface area contributed by atoms with Crippen LogP contribution in [0.25, 0.3) is 0 Å². The number of hydrogen-bond acceptors (Lipinski definition) is 4. The molecule has 23 heavy (non-hydrogen) atoms. The Hall–Kier alpha value is -2.54. The number of aromatic nitrogens is 1. The van der Waals surface area contributed by atoms with Crippen LogP contribution in [0.3, 0.4) is 0 Å². The van der Waals surface area contributed by atoms with Crippen LogP contribution < -0.4 is 10.6 Å². The molecule has 0 aliphatic carbocycles. The van der Waals surface area contributed by atoms with E-state index in [2.05, 4.69) is 15.6 Å². The fourth-order valence-electron chi connectivity index (χ4n) is 1.86. The van der Waals surface area contributed by atoms with Gasteiger partial charge < -0.3 is 15.4 Å². The van der Waals surface area contributed by atoms with Crippen molar-refractivity contribution in [1.82, 2.24) is 10.3 Å². The van der Waals surface area contributed by atoms with Gasteiger partial charge in [-0.3, -0.25) is 4.79 Å². The number of nitrogens with one attached hydrogen (secondary N) is 2. The van der Waals surface area contributed by atoms with Gasteiger partial charge in [-0.25, -0.2) is 13.8 Å². The fraction of sp³-hybridized carbons (Fsp3) is 0.250. The summed E-state index contributed by atoms with van der Waals surface area (Å²) in [6.45, 7) is 1.06. The quantitative estimate of drug-likeness (QED) is 0.770. The summed E-state index contributed by atoms with van der Waals surface area (Å²) in [6.07, 6.45) is 2.12. The van der Waals surface area contributed by atoms with Crippen molar-refractivity contribution in [3.8, 4) is 0 Å². The van der Waals surface area contributed by atoms with E-state index in [9.17, 15) is 13.6 Å². The minimum atomic E-state index is -0.704. The van der Waals surface area contributed by atoms with Crippen LogP contribution in [0.1, 0.15) is 16.9 Å². The number of benzene rings is 1. The average Bonchev–Trinajstić information content (AvgIpc) is 2.55. The van der Waals surface area contributed by atoms with E-state index in [1.807, 2.05) is 0 Å². The molecule has 0 fully saturated rings. The Morgan fingerprint density at radius 2 is 2.09 bits per heavy atom. The van der Waals surface area contributed by atoms with Crippen LogP contribution in [0.2, 0.25) is 0 Å². The molecule has 2 rings (SSSR count). The second kappa shape index (κ2) is 8.19. The molecule has 1 amide bonds. The monoisotopic (exact) mass is 321 g/mol. The van der Waals surface area contributed by atoms with Crippen LogP contribution in [0, 0.1) is 11.6 Å². The van der Waals surface area contributed by atoms with Gasteiger partial charge in [0.25, 0.3) is 5.91 Å². The molecule has 1 heterocycles. The van der Waals surface area contributed by atoms with Gasteiger partial charge in [-0.15, -0.1) is 0 Å². The number of carbonyl (C=O) groups is 1. The lowest BCUT2D eigenvalue weighted by Crippen LogP contribution is -2.26. The normalized spacial score (nSPS) is 10.4. The van der Waals surface area contributed by atoms with Crippen LogP contribution in [-0.4, -0.2) is 31.2 Å². The molecule has 122 valence electrons. The summed E-state index contributed by atoms with van der Waals surface area (Å²) in [4.78, 5) is 15.9. The molecule has 2 aromatic rings. The standard InChI is InChI=1S/C16H17F2N3O2/c1-23-8-2-7-19-16(22)15-6-4-12(10-20-15)21-14-5-3-11(17)9-13(14)18/h3-6,9-10,21H,2,7-8H2,1H3,(H,19,22). The minimum absolute atomic E-state index is 0.130. The summed E-state index contributed by atoms with van der Waals surface area (Å²) in [5.41, 5.74) is 0.879. The lowest BCUT2D eigenvalue weighted by Gasteiger charge is -2.08. The minimum Gasteiger partial charge on any atom is -0.385 e. The van der Waals surface area contributed by atoms with E-state index in [4.69, 9.17) is 4.74 Å². The van der Waals surface area contributed by atoms with E-state index in [1.54, 1.807) is 13.2 Å². The lowest BCUT2D eigenvalue weighted by atomic mass is 10.2. The molecule has 0 spiro atoms. The number of methoxy groups -OCH3 is 1. The predicted octanol–water partition coefficient (Wildman–Crippen LogP) is 2.87. The molecule has 2 N–H and O–H groups in total. The molecule has 1 aromatic heterocycles. The molecular weight excluding hydrogens is 304 g/mol.